The molecule has 2 rings (SSSR count). The Balaban J connectivity index is 2.03. The van der Waals surface area contributed by atoms with E-state index in [-0.39, 0.29) is 5.92 Å². The summed E-state index contributed by atoms with van der Waals surface area (Å²) in [6.45, 7) is 2.69. The molecule has 0 spiro atoms. The monoisotopic (exact) mass is 236 g/mol. The van der Waals surface area contributed by atoms with E-state index in [2.05, 4.69) is 30.4 Å². The van der Waals surface area contributed by atoms with Gasteiger partial charge in [-0.15, -0.1) is 0 Å². The molecule has 2 nitrogen and oxygen atoms in total. The zero-order chi connectivity index (χ0) is 12.8. The Morgan fingerprint density at radius 2 is 1.89 bits per heavy atom. The predicted molar refractivity (Wildman–Crippen MR) is 74.5 cm³/mol. The molecule has 0 saturated heterocycles. The van der Waals surface area contributed by atoms with Crippen molar-refractivity contribution in [3.8, 4) is 6.07 Å². The maximum absolute atomic E-state index is 9.22. The van der Waals surface area contributed by atoms with Crippen LogP contribution in [0.25, 0.3) is 0 Å². The summed E-state index contributed by atoms with van der Waals surface area (Å²) < 4.78 is 0. The van der Waals surface area contributed by atoms with E-state index in [1.807, 2.05) is 42.5 Å². The molecule has 0 aliphatic rings. The van der Waals surface area contributed by atoms with Gasteiger partial charge in [-0.05, 0) is 30.2 Å². The third-order valence-corrected chi connectivity index (χ3v) is 2.89. The van der Waals surface area contributed by atoms with E-state index >= 15 is 0 Å². The number of rotatable bonds is 4. The van der Waals surface area contributed by atoms with E-state index < -0.39 is 0 Å². The SMILES string of the molecule is Cc1cccc(NCC(C#N)c2ccccc2)c1. The summed E-state index contributed by atoms with van der Waals surface area (Å²) in [6.07, 6.45) is 0. The van der Waals surface area contributed by atoms with Gasteiger partial charge in [-0.25, -0.2) is 0 Å². The number of hydrogen-bond acceptors (Lipinski definition) is 2. The van der Waals surface area contributed by atoms with Crippen LogP contribution < -0.4 is 5.32 Å². The number of nitrogens with zero attached hydrogens (tertiary/aromatic N) is 1. The lowest BCUT2D eigenvalue weighted by Gasteiger charge is -2.12. The second-order valence-corrected chi connectivity index (χ2v) is 4.34. The Hall–Kier alpha value is -2.27. The summed E-state index contributed by atoms with van der Waals surface area (Å²) in [6, 6.07) is 20.4. The van der Waals surface area contributed by atoms with Crippen LogP contribution in [0.5, 0.6) is 0 Å². The molecule has 2 aromatic carbocycles. The maximum Gasteiger partial charge on any atom is 0.0885 e. The van der Waals surface area contributed by atoms with Crippen molar-refractivity contribution < 1.29 is 0 Å². The summed E-state index contributed by atoms with van der Waals surface area (Å²) >= 11 is 0. The highest BCUT2D eigenvalue weighted by Crippen LogP contribution is 2.16. The molecule has 0 bridgehead atoms. The van der Waals surface area contributed by atoms with Crippen LogP contribution >= 0.6 is 0 Å². The smallest absolute Gasteiger partial charge is 0.0885 e. The fourth-order valence-corrected chi connectivity index (χ4v) is 1.90. The number of nitriles is 1. The highest BCUT2D eigenvalue weighted by Gasteiger charge is 2.09. The fourth-order valence-electron chi connectivity index (χ4n) is 1.90. The minimum atomic E-state index is -0.119. The zero-order valence-corrected chi connectivity index (χ0v) is 10.4. The van der Waals surface area contributed by atoms with Crippen LogP contribution in [-0.2, 0) is 0 Å². The molecule has 0 fully saturated rings. The van der Waals surface area contributed by atoms with Crippen molar-refractivity contribution in [3.63, 3.8) is 0 Å². The second-order valence-electron chi connectivity index (χ2n) is 4.34. The van der Waals surface area contributed by atoms with Gasteiger partial charge in [0, 0.05) is 12.2 Å². The number of aryl methyl sites for hydroxylation is 1. The van der Waals surface area contributed by atoms with E-state index in [9.17, 15) is 5.26 Å². The van der Waals surface area contributed by atoms with Crippen molar-refractivity contribution in [2.24, 2.45) is 0 Å². The number of nitrogens with one attached hydrogen (secondary N) is 1. The third kappa shape index (κ3) is 3.11. The summed E-state index contributed by atoms with van der Waals surface area (Å²) in [5.41, 5.74) is 3.33. The van der Waals surface area contributed by atoms with Crippen LogP contribution in [-0.4, -0.2) is 6.54 Å². The molecule has 0 aliphatic heterocycles. The van der Waals surface area contributed by atoms with Crippen molar-refractivity contribution >= 4 is 5.69 Å². The van der Waals surface area contributed by atoms with Crippen LogP contribution in [0.3, 0.4) is 0 Å². The Morgan fingerprint density at radius 3 is 2.56 bits per heavy atom. The van der Waals surface area contributed by atoms with E-state index in [0.717, 1.165) is 11.3 Å². The van der Waals surface area contributed by atoms with Gasteiger partial charge in [0.05, 0.1) is 12.0 Å². The first-order valence-electron chi connectivity index (χ1n) is 6.04. The van der Waals surface area contributed by atoms with Crippen molar-refractivity contribution in [2.75, 3.05) is 11.9 Å². The van der Waals surface area contributed by atoms with Gasteiger partial charge in [-0.1, -0.05) is 42.5 Å². The molecule has 2 aromatic rings. The molecule has 0 amide bonds. The highest BCUT2D eigenvalue weighted by molar-refractivity contribution is 5.46. The standard InChI is InChI=1S/C16H16N2/c1-13-6-5-9-16(10-13)18-12-15(11-17)14-7-3-2-4-8-14/h2-10,15,18H,12H2,1H3. The summed E-state index contributed by atoms with van der Waals surface area (Å²) in [5.74, 6) is -0.119. The molecule has 1 unspecified atom stereocenters. The minimum Gasteiger partial charge on any atom is -0.383 e. The van der Waals surface area contributed by atoms with Gasteiger partial charge >= 0.3 is 0 Å². The Labute approximate surface area is 108 Å². The van der Waals surface area contributed by atoms with Crippen molar-refractivity contribution in [2.45, 2.75) is 12.8 Å². The Morgan fingerprint density at radius 1 is 1.11 bits per heavy atom. The highest BCUT2D eigenvalue weighted by atomic mass is 14.9. The molecule has 2 heteroatoms. The lowest BCUT2D eigenvalue weighted by Crippen LogP contribution is -2.11. The van der Waals surface area contributed by atoms with Gasteiger partial charge in [-0.2, -0.15) is 5.26 Å². The average Bonchev–Trinajstić information content (AvgIpc) is 2.41. The normalized spacial score (nSPS) is 11.6. The molecule has 1 atom stereocenters. The van der Waals surface area contributed by atoms with Crippen LogP contribution in [0.2, 0.25) is 0 Å². The first kappa shape index (κ1) is 12.2. The molecule has 1 N–H and O–H groups in total. The first-order chi connectivity index (χ1) is 8.79. The Bertz CT molecular complexity index is 541. The van der Waals surface area contributed by atoms with Crippen LogP contribution in [0.15, 0.2) is 54.6 Å². The van der Waals surface area contributed by atoms with Gasteiger partial charge in [-0.3, -0.25) is 0 Å². The third-order valence-electron chi connectivity index (χ3n) is 2.89. The largest absolute Gasteiger partial charge is 0.383 e. The lowest BCUT2D eigenvalue weighted by atomic mass is 10.0. The number of anilines is 1. The molecule has 90 valence electrons. The first-order valence-corrected chi connectivity index (χ1v) is 6.04. The van der Waals surface area contributed by atoms with Crippen molar-refractivity contribution in [3.05, 3.63) is 65.7 Å². The van der Waals surface area contributed by atoms with Gasteiger partial charge in [0.15, 0.2) is 0 Å². The molecule has 0 saturated carbocycles. The van der Waals surface area contributed by atoms with Crippen LogP contribution in [0.4, 0.5) is 5.69 Å². The van der Waals surface area contributed by atoms with Gasteiger partial charge in [0.25, 0.3) is 0 Å². The van der Waals surface area contributed by atoms with E-state index in [4.69, 9.17) is 0 Å². The molecule has 0 heterocycles. The molecule has 18 heavy (non-hydrogen) atoms. The van der Waals surface area contributed by atoms with E-state index in [1.165, 1.54) is 5.56 Å². The number of benzene rings is 2. The summed E-state index contributed by atoms with van der Waals surface area (Å²) in [5, 5.41) is 12.5. The predicted octanol–water partition coefficient (Wildman–Crippen LogP) is 3.71. The van der Waals surface area contributed by atoms with Gasteiger partial charge in [0.1, 0.15) is 0 Å². The molecule has 0 aliphatic carbocycles. The minimum absolute atomic E-state index is 0.119. The molecular formula is C16H16N2. The average molecular weight is 236 g/mol. The molecule has 0 aromatic heterocycles. The van der Waals surface area contributed by atoms with Crippen LogP contribution in [0, 0.1) is 18.3 Å². The number of hydrogen-bond donors (Lipinski definition) is 1. The van der Waals surface area contributed by atoms with E-state index in [0.29, 0.717) is 6.54 Å². The van der Waals surface area contributed by atoms with Gasteiger partial charge in [0.2, 0.25) is 0 Å². The van der Waals surface area contributed by atoms with E-state index in [1.54, 1.807) is 0 Å². The zero-order valence-electron chi connectivity index (χ0n) is 10.4. The second kappa shape index (κ2) is 5.88. The summed E-state index contributed by atoms with van der Waals surface area (Å²) in [7, 11) is 0. The molecular weight excluding hydrogens is 220 g/mol. The fraction of sp³-hybridized carbons (Fsp3) is 0.188. The molecule has 0 radical (unpaired) electrons. The quantitative estimate of drug-likeness (QED) is 0.878. The van der Waals surface area contributed by atoms with Gasteiger partial charge < -0.3 is 5.32 Å². The maximum atomic E-state index is 9.22. The topological polar surface area (TPSA) is 35.8 Å². The lowest BCUT2D eigenvalue weighted by molar-refractivity contribution is 0.900. The Kier molecular flexibility index (Phi) is 3.98. The van der Waals surface area contributed by atoms with Crippen molar-refractivity contribution in [1.29, 1.82) is 5.26 Å². The van der Waals surface area contributed by atoms with Crippen LogP contribution in [0.1, 0.15) is 17.0 Å². The van der Waals surface area contributed by atoms with Crippen molar-refractivity contribution in [1.82, 2.24) is 0 Å². The summed E-state index contributed by atoms with van der Waals surface area (Å²) in [4.78, 5) is 0.